The number of benzene rings is 2. The molecule has 0 aliphatic carbocycles. The zero-order valence-electron chi connectivity index (χ0n) is 19.2. The number of rotatable bonds is 7. The third-order valence-electron chi connectivity index (χ3n) is 5.72. The number of halogens is 1. The van der Waals surface area contributed by atoms with E-state index in [4.69, 9.17) is 21.1 Å². The van der Waals surface area contributed by atoms with E-state index in [2.05, 4.69) is 10.4 Å². The van der Waals surface area contributed by atoms with E-state index in [0.717, 1.165) is 30.8 Å². The molecule has 1 fully saturated rings. The van der Waals surface area contributed by atoms with E-state index in [0.29, 0.717) is 36.2 Å². The number of carbonyl (C=O) groups is 1. The Kier molecular flexibility index (Phi) is 7.49. The number of esters is 1. The largest absolute Gasteiger partial charge is 0.427 e. The number of carbonyl (C=O) groups excluding carboxylic acids is 1. The average Bonchev–Trinajstić information content (AvgIpc) is 2.85. The predicted molar refractivity (Wildman–Crippen MR) is 133 cm³/mol. The number of hydrogen-bond donors (Lipinski definition) is 1. The second-order valence-corrected chi connectivity index (χ2v) is 8.59. The van der Waals surface area contributed by atoms with Crippen LogP contribution in [0.25, 0.3) is 5.69 Å². The smallest absolute Gasteiger partial charge is 0.308 e. The zero-order valence-corrected chi connectivity index (χ0v) is 19.9. The van der Waals surface area contributed by atoms with Gasteiger partial charge in [0.25, 0.3) is 5.56 Å². The third kappa shape index (κ3) is 5.58. The van der Waals surface area contributed by atoms with Gasteiger partial charge in [0.05, 0.1) is 24.2 Å². The normalized spacial score (nSPS) is 15.6. The highest BCUT2D eigenvalue weighted by Crippen LogP contribution is 2.27. The molecule has 1 N–H and O–H groups in total. The van der Waals surface area contributed by atoms with E-state index in [-0.39, 0.29) is 16.6 Å². The van der Waals surface area contributed by atoms with Crippen LogP contribution in [0.1, 0.15) is 19.8 Å². The lowest BCUT2D eigenvalue weighted by atomic mass is 10.0. The van der Waals surface area contributed by atoms with E-state index in [1.54, 1.807) is 18.3 Å². The molecule has 0 unspecified atom stereocenters. The fourth-order valence-electron chi connectivity index (χ4n) is 3.83. The molecule has 178 valence electrons. The van der Waals surface area contributed by atoms with Gasteiger partial charge in [0.15, 0.2) is 0 Å². The molecular formula is C25H27ClN4O4. The molecule has 0 amide bonds. The number of anilines is 3. The predicted octanol–water partition coefficient (Wildman–Crippen LogP) is 4.42. The van der Waals surface area contributed by atoms with Crippen LogP contribution in [-0.4, -0.2) is 42.6 Å². The van der Waals surface area contributed by atoms with Crippen LogP contribution < -0.4 is 20.5 Å². The van der Waals surface area contributed by atoms with Crippen molar-refractivity contribution < 1.29 is 14.3 Å². The van der Waals surface area contributed by atoms with Crippen molar-refractivity contribution in [3.8, 4) is 11.4 Å². The SMILES string of the molecule is CC(=O)Oc1ccc(N(C)c2ccc(-n3ncc(NC[C@@H]4CCCOC4)c(Cl)c3=O)cc2)cc1. The minimum Gasteiger partial charge on any atom is -0.427 e. The van der Waals surface area contributed by atoms with Crippen molar-refractivity contribution in [2.45, 2.75) is 19.8 Å². The van der Waals surface area contributed by atoms with E-state index in [9.17, 15) is 9.59 Å². The minimum absolute atomic E-state index is 0.112. The van der Waals surface area contributed by atoms with Gasteiger partial charge >= 0.3 is 5.97 Å². The maximum absolute atomic E-state index is 12.8. The second-order valence-electron chi connectivity index (χ2n) is 8.22. The fraction of sp³-hybridized carbons (Fsp3) is 0.320. The first-order valence-corrected chi connectivity index (χ1v) is 11.5. The van der Waals surface area contributed by atoms with Crippen LogP contribution >= 0.6 is 11.6 Å². The molecule has 8 nitrogen and oxygen atoms in total. The zero-order chi connectivity index (χ0) is 24.1. The van der Waals surface area contributed by atoms with E-state index < -0.39 is 0 Å². The summed E-state index contributed by atoms with van der Waals surface area (Å²) < 4.78 is 11.9. The lowest BCUT2D eigenvalue weighted by Gasteiger charge is -2.23. The molecule has 1 aromatic heterocycles. The van der Waals surface area contributed by atoms with Crippen molar-refractivity contribution in [3.05, 3.63) is 70.1 Å². The number of aromatic nitrogens is 2. The summed E-state index contributed by atoms with van der Waals surface area (Å²) >= 11 is 6.37. The third-order valence-corrected chi connectivity index (χ3v) is 6.09. The molecule has 3 aromatic rings. The van der Waals surface area contributed by atoms with Gasteiger partial charge in [-0.2, -0.15) is 9.78 Å². The maximum atomic E-state index is 12.8. The lowest BCUT2D eigenvalue weighted by Crippen LogP contribution is -2.26. The van der Waals surface area contributed by atoms with Gasteiger partial charge in [-0.3, -0.25) is 9.59 Å². The molecule has 0 bridgehead atoms. The molecule has 1 saturated heterocycles. The summed E-state index contributed by atoms with van der Waals surface area (Å²) in [5.74, 6) is 0.533. The Bertz CT molecular complexity index is 1190. The maximum Gasteiger partial charge on any atom is 0.308 e. The monoisotopic (exact) mass is 482 g/mol. The Morgan fingerprint density at radius 2 is 1.88 bits per heavy atom. The quantitative estimate of drug-likeness (QED) is 0.394. The van der Waals surface area contributed by atoms with E-state index in [1.165, 1.54) is 11.6 Å². The number of nitrogens with one attached hydrogen (secondary N) is 1. The standard InChI is InChI=1S/C25H27ClN4O4/c1-17(31)34-22-11-9-20(10-12-22)29(2)19-5-7-21(8-6-19)30-25(32)24(26)23(15-28-30)27-14-18-4-3-13-33-16-18/h5-12,15,18,27H,3-4,13-14,16H2,1-2H3/t18-/m0/s1. The Hall–Kier alpha value is -3.36. The highest BCUT2D eigenvalue weighted by Gasteiger charge is 2.16. The Morgan fingerprint density at radius 1 is 1.21 bits per heavy atom. The number of hydrogen-bond acceptors (Lipinski definition) is 7. The summed E-state index contributed by atoms with van der Waals surface area (Å²) in [6.07, 6.45) is 3.72. The molecule has 9 heteroatoms. The van der Waals surface area contributed by atoms with Gasteiger partial charge in [-0.05, 0) is 67.3 Å². The van der Waals surface area contributed by atoms with E-state index >= 15 is 0 Å². The van der Waals surface area contributed by atoms with Crippen molar-refractivity contribution in [1.82, 2.24) is 9.78 Å². The Balaban J connectivity index is 1.46. The molecular weight excluding hydrogens is 456 g/mol. The fourth-order valence-corrected chi connectivity index (χ4v) is 4.03. The molecule has 0 spiro atoms. The summed E-state index contributed by atoms with van der Waals surface area (Å²) in [5.41, 5.74) is 2.59. The molecule has 0 saturated carbocycles. The summed E-state index contributed by atoms with van der Waals surface area (Å²) in [4.78, 5) is 25.9. The van der Waals surface area contributed by atoms with Crippen molar-refractivity contribution in [2.75, 3.05) is 37.0 Å². The van der Waals surface area contributed by atoms with Crippen LogP contribution in [-0.2, 0) is 9.53 Å². The summed E-state index contributed by atoms with van der Waals surface area (Å²) in [6.45, 7) is 3.58. The van der Waals surface area contributed by atoms with Gasteiger partial charge in [0, 0.05) is 38.5 Å². The number of nitrogens with zero attached hydrogens (tertiary/aromatic N) is 3. The van der Waals surface area contributed by atoms with Crippen LogP contribution in [0.4, 0.5) is 17.1 Å². The minimum atomic E-state index is -0.381. The first-order valence-electron chi connectivity index (χ1n) is 11.1. The van der Waals surface area contributed by atoms with Crippen molar-refractivity contribution in [2.24, 2.45) is 5.92 Å². The Labute approximate surface area is 203 Å². The first kappa shape index (κ1) is 23.8. The van der Waals surface area contributed by atoms with Crippen molar-refractivity contribution >= 4 is 34.6 Å². The summed E-state index contributed by atoms with van der Waals surface area (Å²) in [7, 11) is 1.93. The van der Waals surface area contributed by atoms with Gasteiger partial charge in [0.2, 0.25) is 0 Å². The van der Waals surface area contributed by atoms with Gasteiger partial charge in [0.1, 0.15) is 10.8 Å². The van der Waals surface area contributed by atoms with Crippen LogP contribution in [0.5, 0.6) is 5.75 Å². The summed E-state index contributed by atoms with van der Waals surface area (Å²) in [6, 6.07) is 14.6. The van der Waals surface area contributed by atoms with Gasteiger partial charge < -0.3 is 19.7 Å². The van der Waals surface area contributed by atoms with Gasteiger partial charge in [-0.15, -0.1) is 0 Å². The molecule has 1 atom stereocenters. The average molecular weight is 483 g/mol. The van der Waals surface area contributed by atoms with Crippen LogP contribution in [0.15, 0.2) is 59.5 Å². The molecule has 4 rings (SSSR count). The molecule has 0 radical (unpaired) electrons. The van der Waals surface area contributed by atoms with Gasteiger partial charge in [-0.1, -0.05) is 11.6 Å². The molecule has 2 heterocycles. The second kappa shape index (κ2) is 10.7. The van der Waals surface area contributed by atoms with E-state index in [1.807, 2.05) is 48.3 Å². The molecule has 2 aromatic carbocycles. The molecule has 1 aliphatic rings. The van der Waals surface area contributed by atoms with Crippen LogP contribution in [0.2, 0.25) is 5.02 Å². The summed E-state index contributed by atoms with van der Waals surface area (Å²) in [5, 5.41) is 7.66. The highest BCUT2D eigenvalue weighted by atomic mass is 35.5. The van der Waals surface area contributed by atoms with Crippen molar-refractivity contribution in [1.29, 1.82) is 0 Å². The molecule has 1 aliphatic heterocycles. The topological polar surface area (TPSA) is 85.7 Å². The number of ether oxygens (including phenoxy) is 2. The lowest BCUT2D eigenvalue weighted by molar-refractivity contribution is -0.131. The van der Waals surface area contributed by atoms with Crippen molar-refractivity contribution in [3.63, 3.8) is 0 Å². The van der Waals surface area contributed by atoms with Crippen LogP contribution in [0.3, 0.4) is 0 Å². The van der Waals surface area contributed by atoms with Gasteiger partial charge in [-0.25, -0.2) is 0 Å². The highest BCUT2D eigenvalue weighted by molar-refractivity contribution is 6.32. The molecule has 34 heavy (non-hydrogen) atoms. The first-order chi connectivity index (χ1) is 16.4. The van der Waals surface area contributed by atoms with Crippen LogP contribution in [0, 0.1) is 5.92 Å². The Morgan fingerprint density at radius 3 is 2.50 bits per heavy atom.